The normalized spacial score (nSPS) is 11.8. The predicted octanol–water partition coefficient (Wildman–Crippen LogP) is 6.74. The maximum Gasteiger partial charge on any atom is -0.000655 e. The molecule has 0 fully saturated rings. The summed E-state index contributed by atoms with van der Waals surface area (Å²) in [7, 11) is 0. The fraction of sp³-hybridized carbons (Fsp3) is 1.00. The molecule has 0 saturated heterocycles. The first-order valence-electron chi connectivity index (χ1n) is 11.7. The highest BCUT2D eigenvalue weighted by Gasteiger charge is 2.08. The van der Waals surface area contributed by atoms with E-state index in [-0.39, 0.29) is 0 Å². The first-order valence-corrected chi connectivity index (χ1v) is 11.7. The van der Waals surface area contributed by atoms with Crippen LogP contribution in [0.15, 0.2) is 0 Å². The zero-order valence-electron chi connectivity index (χ0n) is 18.3. The number of hydrogen-bond donors (Lipinski definition) is 0. The lowest BCUT2D eigenvalue weighted by Crippen LogP contribution is -2.32. The summed E-state index contributed by atoms with van der Waals surface area (Å²) in [4.78, 5) is 5.49. The van der Waals surface area contributed by atoms with Crippen molar-refractivity contribution in [1.82, 2.24) is 9.80 Å². The average molecular weight is 355 g/mol. The lowest BCUT2D eigenvalue weighted by atomic mass is 10.1. The second-order valence-electron chi connectivity index (χ2n) is 7.87. The van der Waals surface area contributed by atoms with Crippen LogP contribution in [0.3, 0.4) is 0 Å². The van der Waals surface area contributed by atoms with E-state index in [0.717, 1.165) is 0 Å². The molecule has 0 heterocycles. The highest BCUT2D eigenvalue weighted by atomic mass is 15.1. The van der Waals surface area contributed by atoms with Crippen molar-refractivity contribution in [3.05, 3.63) is 0 Å². The Morgan fingerprint density at radius 2 is 0.640 bits per heavy atom. The molecule has 2 heteroatoms. The van der Waals surface area contributed by atoms with Crippen LogP contribution in [0, 0.1) is 0 Å². The smallest absolute Gasteiger partial charge is 0.000655 e. The summed E-state index contributed by atoms with van der Waals surface area (Å²) < 4.78 is 0. The molecule has 0 aliphatic rings. The van der Waals surface area contributed by atoms with Crippen LogP contribution >= 0.6 is 0 Å². The maximum atomic E-state index is 2.74. The van der Waals surface area contributed by atoms with E-state index in [1.54, 1.807) is 0 Å². The van der Waals surface area contributed by atoms with Crippen LogP contribution in [0.5, 0.6) is 0 Å². The van der Waals surface area contributed by atoms with Crippen LogP contribution in [0.1, 0.15) is 111 Å². The summed E-state index contributed by atoms with van der Waals surface area (Å²) in [6.45, 7) is 17.1. The molecule has 0 N–H and O–H groups in total. The molecule has 0 aromatic carbocycles. The Labute approximate surface area is 160 Å². The lowest BCUT2D eigenvalue weighted by molar-refractivity contribution is 0.217. The molecule has 0 bridgehead atoms. The molecule has 0 saturated carbocycles. The minimum absolute atomic E-state index is 1.31. The second kappa shape index (κ2) is 20.2. The molecule has 25 heavy (non-hydrogen) atoms. The van der Waals surface area contributed by atoms with Gasteiger partial charge < -0.3 is 9.80 Å². The molecular formula is C23H50N2. The van der Waals surface area contributed by atoms with Gasteiger partial charge in [-0.2, -0.15) is 0 Å². The van der Waals surface area contributed by atoms with Gasteiger partial charge in [-0.3, -0.25) is 0 Å². The van der Waals surface area contributed by atoms with Gasteiger partial charge in [0.25, 0.3) is 0 Å². The summed E-state index contributed by atoms with van der Waals surface area (Å²) in [5.41, 5.74) is 0. The quantitative estimate of drug-likeness (QED) is 0.223. The maximum absolute atomic E-state index is 2.74. The van der Waals surface area contributed by atoms with E-state index in [1.165, 1.54) is 123 Å². The van der Waals surface area contributed by atoms with E-state index in [2.05, 4.69) is 37.5 Å². The lowest BCUT2D eigenvalue weighted by Gasteiger charge is -2.26. The standard InChI is InChI=1S/C23H50N2/c1-5-9-13-15-20-24(18-11-7-3)22-17-23-25(19-12-8-4)21-16-14-10-6-2/h5-23H2,1-4H3. The van der Waals surface area contributed by atoms with Gasteiger partial charge in [0, 0.05) is 0 Å². The van der Waals surface area contributed by atoms with E-state index >= 15 is 0 Å². The summed E-state index contributed by atoms with van der Waals surface area (Å²) in [6, 6.07) is 0. The van der Waals surface area contributed by atoms with Gasteiger partial charge in [0.1, 0.15) is 0 Å². The van der Waals surface area contributed by atoms with E-state index in [9.17, 15) is 0 Å². The van der Waals surface area contributed by atoms with Crippen molar-refractivity contribution in [2.75, 3.05) is 39.3 Å². The highest BCUT2D eigenvalue weighted by Crippen LogP contribution is 2.07. The van der Waals surface area contributed by atoms with Crippen molar-refractivity contribution in [3.63, 3.8) is 0 Å². The van der Waals surface area contributed by atoms with E-state index < -0.39 is 0 Å². The van der Waals surface area contributed by atoms with Gasteiger partial charge in [-0.15, -0.1) is 0 Å². The summed E-state index contributed by atoms with van der Waals surface area (Å²) in [5, 5.41) is 0. The molecular weight excluding hydrogens is 304 g/mol. The average Bonchev–Trinajstić information content (AvgIpc) is 2.63. The molecule has 0 radical (unpaired) electrons. The molecule has 0 spiro atoms. The zero-order valence-corrected chi connectivity index (χ0v) is 18.3. The van der Waals surface area contributed by atoms with Gasteiger partial charge in [0.05, 0.1) is 0 Å². The topological polar surface area (TPSA) is 6.48 Å². The Kier molecular flexibility index (Phi) is 20.2. The van der Waals surface area contributed by atoms with Gasteiger partial charge in [-0.1, -0.05) is 79.1 Å². The van der Waals surface area contributed by atoms with Crippen molar-refractivity contribution in [2.45, 2.75) is 111 Å². The molecule has 152 valence electrons. The van der Waals surface area contributed by atoms with E-state index in [1.807, 2.05) is 0 Å². The first kappa shape index (κ1) is 24.9. The third kappa shape index (κ3) is 17.1. The van der Waals surface area contributed by atoms with Crippen LogP contribution < -0.4 is 0 Å². The van der Waals surface area contributed by atoms with E-state index in [4.69, 9.17) is 0 Å². The molecule has 0 aromatic heterocycles. The molecule has 0 rings (SSSR count). The monoisotopic (exact) mass is 354 g/mol. The predicted molar refractivity (Wildman–Crippen MR) is 116 cm³/mol. The minimum Gasteiger partial charge on any atom is -0.303 e. The molecule has 0 aliphatic carbocycles. The van der Waals surface area contributed by atoms with Crippen molar-refractivity contribution in [3.8, 4) is 0 Å². The zero-order chi connectivity index (χ0) is 18.6. The highest BCUT2D eigenvalue weighted by molar-refractivity contribution is 4.63. The van der Waals surface area contributed by atoms with Crippen LogP contribution in [0.4, 0.5) is 0 Å². The van der Waals surface area contributed by atoms with Crippen LogP contribution in [-0.4, -0.2) is 49.1 Å². The van der Waals surface area contributed by atoms with Gasteiger partial charge in [0.15, 0.2) is 0 Å². The van der Waals surface area contributed by atoms with Crippen molar-refractivity contribution in [1.29, 1.82) is 0 Å². The number of rotatable bonds is 20. The molecule has 0 aromatic rings. The van der Waals surface area contributed by atoms with Gasteiger partial charge in [-0.25, -0.2) is 0 Å². The SMILES string of the molecule is CCCCCCN(CCCC)CCCN(CCCC)CCCCCC. The van der Waals surface area contributed by atoms with Crippen LogP contribution in [-0.2, 0) is 0 Å². The van der Waals surface area contributed by atoms with Crippen molar-refractivity contribution < 1.29 is 0 Å². The Morgan fingerprint density at radius 3 is 1.00 bits per heavy atom. The molecule has 2 nitrogen and oxygen atoms in total. The van der Waals surface area contributed by atoms with E-state index in [0.29, 0.717) is 0 Å². The van der Waals surface area contributed by atoms with Crippen molar-refractivity contribution in [2.24, 2.45) is 0 Å². The van der Waals surface area contributed by atoms with Gasteiger partial charge >= 0.3 is 0 Å². The Bertz CT molecular complexity index is 218. The van der Waals surface area contributed by atoms with Crippen molar-refractivity contribution >= 4 is 0 Å². The largest absolute Gasteiger partial charge is 0.303 e. The molecule has 0 unspecified atom stereocenters. The summed E-state index contributed by atoms with van der Waals surface area (Å²) >= 11 is 0. The molecule has 0 amide bonds. The number of hydrogen-bond acceptors (Lipinski definition) is 2. The second-order valence-corrected chi connectivity index (χ2v) is 7.87. The fourth-order valence-corrected chi connectivity index (χ4v) is 3.48. The third-order valence-electron chi connectivity index (χ3n) is 5.26. The number of nitrogens with zero attached hydrogens (tertiary/aromatic N) is 2. The summed E-state index contributed by atoms with van der Waals surface area (Å²) in [5.74, 6) is 0. The fourth-order valence-electron chi connectivity index (χ4n) is 3.48. The third-order valence-corrected chi connectivity index (χ3v) is 5.26. The minimum atomic E-state index is 1.31. The first-order chi connectivity index (χ1) is 12.3. The van der Waals surface area contributed by atoms with Gasteiger partial charge in [-0.05, 0) is 71.4 Å². The Morgan fingerprint density at radius 1 is 0.320 bits per heavy atom. The Balaban J connectivity index is 4.06. The van der Waals surface area contributed by atoms with Crippen LogP contribution in [0.25, 0.3) is 0 Å². The molecule has 0 aliphatic heterocycles. The van der Waals surface area contributed by atoms with Crippen LogP contribution in [0.2, 0.25) is 0 Å². The summed E-state index contributed by atoms with van der Waals surface area (Å²) in [6.07, 6.45) is 17.9. The number of unbranched alkanes of at least 4 members (excludes halogenated alkanes) is 8. The van der Waals surface area contributed by atoms with Gasteiger partial charge in [0.2, 0.25) is 0 Å². The molecule has 0 atom stereocenters. The Hall–Kier alpha value is -0.0800.